The van der Waals surface area contributed by atoms with E-state index in [2.05, 4.69) is 10.1 Å². The number of carbonyl (C=O) groups excluding carboxylic acids is 1. The van der Waals surface area contributed by atoms with Crippen molar-refractivity contribution in [1.29, 1.82) is 0 Å². The van der Waals surface area contributed by atoms with Crippen LogP contribution in [0.3, 0.4) is 0 Å². The van der Waals surface area contributed by atoms with Crippen LogP contribution in [0.4, 0.5) is 0 Å². The summed E-state index contributed by atoms with van der Waals surface area (Å²) in [6.45, 7) is 0. The Kier molecular flexibility index (Phi) is 3.76. The van der Waals surface area contributed by atoms with Gasteiger partial charge in [-0.05, 0) is 31.0 Å². The highest BCUT2D eigenvalue weighted by molar-refractivity contribution is 6.11. The first-order valence-corrected chi connectivity index (χ1v) is 8.40. The third-order valence-corrected chi connectivity index (χ3v) is 4.76. The fourth-order valence-corrected chi connectivity index (χ4v) is 3.48. The second-order valence-electron chi connectivity index (χ2n) is 6.36. The standard InChI is InChI=1S/C19H19N3O2/c23-17-9-5-4-8-16(17)18(24)13-10-14-12-21-22(19(14)20-11-13)15-6-2-1-3-7-15/h4-5,8-12,15,23H,1-3,6-7H2. The molecule has 3 aromatic rings. The Morgan fingerprint density at radius 1 is 1.12 bits per heavy atom. The smallest absolute Gasteiger partial charge is 0.198 e. The molecule has 1 fully saturated rings. The molecule has 2 aromatic heterocycles. The summed E-state index contributed by atoms with van der Waals surface area (Å²) in [7, 11) is 0. The quantitative estimate of drug-likeness (QED) is 0.744. The molecule has 0 amide bonds. The van der Waals surface area contributed by atoms with Gasteiger partial charge in [0, 0.05) is 17.1 Å². The van der Waals surface area contributed by atoms with Crippen LogP contribution >= 0.6 is 0 Å². The summed E-state index contributed by atoms with van der Waals surface area (Å²) < 4.78 is 2.00. The molecular weight excluding hydrogens is 302 g/mol. The van der Waals surface area contributed by atoms with Gasteiger partial charge in [-0.25, -0.2) is 9.67 Å². The first-order chi connectivity index (χ1) is 11.7. The van der Waals surface area contributed by atoms with Gasteiger partial charge in [0.2, 0.25) is 0 Å². The van der Waals surface area contributed by atoms with E-state index in [1.165, 1.54) is 25.3 Å². The van der Waals surface area contributed by atoms with Gasteiger partial charge >= 0.3 is 0 Å². The summed E-state index contributed by atoms with van der Waals surface area (Å²) in [6.07, 6.45) is 9.39. The van der Waals surface area contributed by atoms with E-state index < -0.39 is 0 Å². The number of phenolic OH excluding ortho intramolecular Hbond substituents is 1. The number of aromatic hydroxyl groups is 1. The maximum Gasteiger partial charge on any atom is 0.198 e. The SMILES string of the molecule is O=C(c1cnc2c(cnn2C2CCCCC2)c1)c1ccccc1O. The van der Waals surface area contributed by atoms with Crippen LogP contribution in [0, 0.1) is 0 Å². The maximum absolute atomic E-state index is 12.6. The molecule has 0 aliphatic heterocycles. The van der Waals surface area contributed by atoms with E-state index in [0.717, 1.165) is 23.9 Å². The van der Waals surface area contributed by atoms with E-state index in [4.69, 9.17) is 0 Å². The molecule has 4 rings (SSSR count). The molecule has 5 nitrogen and oxygen atoms in total. The van der Waals surface area contributed by atoms with Crippen molar-refractivity contribution in [3.05, 3.63) is 53.9 Å². The van der Waals surface area contributed by atoms with Crippen LogP contribution in [0.1, 0.15) is 54.1 Å². The third-order valence-electron chi connectivity index (χ3n) is 4.76. The Bertz CT molecular complexity index is 895. The summed E-state index contributed by atoms with van der Waals surface area (Å²) in [5.74, 6) is -0.242. The topological polar surface area (TPSA) is 68.0 Å². The Labute approximate surface area is 140 Å². The molecule has 0 atom stereocenters. The van der Waals surface area contributed by atoms with Crippen molar-refractivity contribution < 1.29 is 9.90 Å². The summed E-state index contributed by atoms with van der Waals surface area (Å²) >= 11 is 0. The lowest BCUT2D eigenvalue weighted by Gasteiger charge is -2.22. The minimum atomic E-state index is -0.229. The number of fused-ring (bicyclic) bond motifs is 1. The fraction of sp³-hybridized carbons (Fsp3) is 0.316. The highest BCUT2D eigenvalue weighted by atomic mass is 16.3. The number of rotatable bonds is 3. The molecule has 1 aromatic carbocycles. The maximum atomic E-state index is 12.6. The lowest BCUT2D eigenvalue weighted by Crippen LogP contribution is -2.14. The van der Waals surface area contributed by atoms with E-state index in [1.54, 1.807) is 30.6 Å². The number of phenols is 1. The van der Waals surface area contributed by atoms with Crippen LogP contribution in [0.2, 0.25) is 0 Å². The lowest BCUT2D eigenvalue weighted by atomic mass is 9.96. The number of pyridine rings is 1. The number of hydrogen-bond donors (Lipinski definition) is 1. The molecule has 1 aliphatic rings. The lowest BCUT2D eigenvalue weighted by molar-refractivity contribution is 0.103. The second-order valence-corrected chi connectivity index (χ2v) is 6.36. The van der Waals surface area contributed by atoms with Crippen molar-refractivity contribution in [2.24, 2.45) is 0 Å². The average molecular weight is 321 g/mol. The van der Waals surface area contributed by atoms with Gasteiger partial charge in [0.15, 0.2) is 11.4 Å². The Balaban J connectivity index is 1.69. The Hall–Kier alpha value is -2.69. The predicted octanol–water partition coefficient (Wildman–Crippen LogP) is 3.87. The van der Waals surface area contributed by atoms with E-state index in [9.17, 15) is 9.90 Å². The molecule has 0 bridgehead atoms. The van der Waals surface area contributed by atoms with E-state index in [-0.39, 0.29) is 11.5 Å². The number of para-hydroxylation sites is 1. The van der Waals surface area contributed by atoms with Gasteiger partial charge in [0.25, 0.3) is 0 Å². The number of benzene rings is 1. The number of carbonyl (C=O) groups is 1. The molecule has 24 heavy (non-hydrogen) atoms. The first-order valence-electron chi connectivity index (χ1n) is 8.40. The van der Waals surface area contributed by atoms with E-state index >= 15 is 0 Å². The molecular formula is C19H19N3O2. The number of nitrogens with zero attached hydrogens (tertiary/aromatic N) is 3. The monoisotopic (exact) mass is 321 g/mol. The zero-order valence-electron chi connectivity index (χ0n) is 13.4. The minimum Gasteiger partial charge on any atom is -0.507 e. The number of hydrogen-bond acceptors (Lipinski definition) is 4. The van der Waals surface area contributed by atoms with Crippen LogP contribution in [-0.4, -0.2) is 25.7 Å². The van der Waals surface area contributed by atoms with Crippen molar-refractivity contribution in [1.82, 2.24) is 14.8 Å². The molecule has 0 radical (unpaired) electrons. The van der Waals surface area contributed by atoms with Crippen molar-refractivity contribution in [3.8, 4) is 5.75 Å². The van der Waals surface area contributed by atoms with Gasteiger partial charge in [-0.2, -0.15) is 5.10 Å². The van der Waals surface area contributed by atoms with Crippen LogP contribution < -0.4 is 0 Å². The normalized spacial score (nSPS) is 15.7. The molecule has 122 valence electrons. The fourth-order valence-electron chi connectivity index (χ4n) is 3.48. The summed E-state index contributed by atoms with van der Waals surface area (Å²) in [5.41, 5.74) is 1.58. The van der Waals surface area contributed by atoms with Crippen LogP contribution in [0.5, 0.6) is 5.75 Å². The van der Waals surface area contributed by atoms with Crippen LogP contribution in [0.15, 0.2) is 42.7 Å². The zero-order chi connectivity index (χ0) is 16.5. The summed E-state index contributed by atoms with van der Waals surface area (Å²) in [5, 5.41) is 15.2. The van der Waals surface area contributed by atoms with Crippen molar-refractivity contribution in [2.45, 2.75) is 38.1 Å². The minimum absolute atomic E-state index is 0.0134. The molecule has 0 spiro atoms. The van der Waals surface area contributed by atoms with Crippen LogP contribution in [-0.2, 0) is 0 Å². The van der Waals surface area contributed by atoms with Crippen molar-refractivity contribution in [2.75, 3.05) is 0 Å². The van der Waals surface area contributed by atoms with Gasteiger partial charge < -0.3 is 5.11 Å². The molecule has 5 heteroatoms. The molecule has 2 heterocycles. The van der Waals surface area contributed by atoms with E-state index in [1.807, 2.05) is 10.7 Å². The number of ketones is 1. The molecule has 0 saturated heterocycles. The van der Waals surface area contributed by atoms with E-state index in [0.29, 0.717) is 17.2 Å². The highest BCUT2D eigenvalue weighted by Gasteiger charge is 2.20. The van der Waals surface area contributed by atoms with Gasteiger partial charge in [0.05, 0.1) is 17.8 Å². The van der Waals surface area contributed by atoms with Crippen molar-refractivity contribution >= 4 is 16.8 Å². The largest absolute Gasteiger partial charge is 0.507 e. The highest BCUT2D eigenvalue weighted by Crippen LogP contribution is 2.30. The number of aromatic nitrogens is 3. The first kappa shape index (κ1) is 14.9. The van der Waals surface area contributed by atoms with Gasteiger partial charge in [-0.3, -0.25) is 4.79 Å². The molecule has 1 aliphatic carbocycles. The summed E-state index contributed by atoms with van der Waals surface area (Å²) in [6, 6.07) is 8.78. The van der Waals surface area contributed by atoms with Gasteiger partial charge in [-0.1, -0.05) is 31.4 Å². The Morgan fingerprint density at radius 2 is 1.92 bits per heavy atom. The molecule has 1 saturated carbocycles. The predicted molar refractivity (Wildman–Crippen MR) is 91.2 cm³/mol. The summed E-state index contributed by atoms with van der Waals surface area (Å²) in [4.78, 5) is 17.1. The Morgan fingerprint density at radius 3 is 2.71 bits per heavy atom. The van der Waals surface area contributed by atoms with Gasteiger partial charge in [-0.15, -0.1) is 0 Å². The zero-order valence-corrected chi connectivity index (χ0v) is 13.4. The average Bonchev–Trinajstić information content (AvgIpc) is 3.05. The second kappa shape index (κ2) is 6.07. The van der Waals surface area contributed by atoms with Crippen LogP contribution in [0.25, 0.3) is 11.0 Å². The van der Waals surface area contributed by atoms with Gasteiger partial charge in [0.1, 0.15) is 5.75 Å². The third kappa shape index (κ3) is 2.56. The van der Waals surface area contributed by atoms with Crippen molar-refractivity contribution in [3.63, 3.8) is 0 Å². The molecule has 0 unspecified atom stereocenters. The molecule has 1 N–H and O–H groups in total.